The van der Waals surface area contributed by atoms with Gasteiger partial charge in [-0.15, -0.1) is 0 Å². The standard InChI is InChI=1S/C23H28/c1-3-5-6-7-8-10-22-11-9-12-23(19-22)18-17-21-15-13-20(4-2)14-16-21/h9,11-16,19H,3-8,10H2,1-2H3. The molecule has 2 aromatic carbocycles. The molecule has 0 aliphatic rings. The van der Waals surface area contributed by atoms with E-state index in [1.54, 1.807) is 0 Å². The quantitative estimate of drug-likeness (QED) is 0.424. The minimum absolute atomic E-state index is 1.08. The zero-order valence-corrected chi connectivity index (χ0v) is 14.6. The van der Waals surface area contributed by atoms with E-state index in [4.69, 9.17) is 0 Å². The summed E-state index contributed by atoms with van der Waals surface area (Å²) in [7, 11) is 0. The van der Waals surface area contributed by atoms with Crippen molar-refractivity contribution in [3.63, 3.8) is 0 Å². The molecule has 120 valence electrons. The van der Waals surface area contributed by atoms with Crippen molar-refractivity contribution in [3.05, 3.63) is 70.8 Å². The van der Waals surface area contributed by atoms with Crippen LogP contribution >= 0.6 is 0 Å². The lowest BCUT2D eigenvalue weighted by Gasteiger charge is -2.02. The van der Waals surface area contributed by atoms with Crippen LogP contribution in [0.1, 0.15) is 68.2 Å². The van der Waals surface area contributed by atoms with Crippen molar-refractivity contribution in [2.75, 3.05) is 0 Å². The first-order chi connectivity index (χ1) is 11.3. The van der Waals surface area contributed by atoms with E-state index in [-0.39, 0.29) is 0 Å². The Bertz CT molecular complexity index is 638. The lowest BCUT2D eigenvalue weighted by atomic mass is 10.0. The Morgan fingerprint density at radius 1 is 0.696 bits per heavy atom. The molecule has 0 saturated carbocycles. The molecule has 0 aliphatic heterocycles. The van der Waals surface area contributed by atoms with E-state index in [0.717, 1.165) is 17.5 Å². The fourth-order valence-corrected chi connectivity index (χ4v) is 2.71. The molecule has 0 nitrogen and oxygen atoms in total. The number of aryl methyl sites for hydroxylation is 2. The summed E-state index contributed by atoms with van der Waals surface area (Å²) in [5.41, 5.74) is 4.98. The first kappa shape index (κ1) is 17.4. The fraction of sp³-hybridized carbons (Fsp3) is 0.391. The van der Waals surface area contributed by atoms with Crippen molar-refractivity contribution in [1.29, 1.82) is 0 Å². The maximum absolute atomic E-state index is 3.30. The summed E-state index contributed by atoms with van der Waals surface area (Å²) >= 11 is 0. The van der Waals surface area contributed by atoms with Gasteiger partial charge >= 0.3 is 0 Å². The normalized spacial score (nSPS) is 10.2. The first-order valence-corrected chi connectivity index (χ1v) is 9.01. The van der Waals surface area contributed by atoms with Crippen LogP contribution < -0.4 is 0 Å². The van der Waals surface area contributed by atoms with Crippen molar-refractivity contribution in [3.8, 4) is 11.8 Å². The van der Waals surface area contributed by atoms with Gasteiger partial charge in [-0.2, -0.15) is 0 Å². The Morgan fingerprint density at radius 2 is 1.43 bits per heavy atom. The molecule has 0 unspecified atom stereocenters. The van der Waals surface area contributed by atoms with Gasteiger partial charge in [-0.05, 0) is 54.7 Å². The van der Waals surface area contributed by atoms with Crippen molar-refractivity contribution in [1.82, 2.24) is 0 Å². The molecule has 0 bridgehead atoms. The highest BCUT2D eigenvalue weighted by molar-refractivity contribution is 5.44. The van der Waals surface area contributed by atoms with E-state index in [1.165, 1.54) is 49.7 Å². The van der Waals surface area contributed by atoms with Gasteiger partial charge in [0, 0.05) is 11.1 Å². The average molecular weight is 304 g/mol. The van der Waals surface area contributed by atoms with Crippen molar-refractivity contribution >= 4 is 0 Å². The molecular weight excluding hydrogens is 276 g/mol. The van der Waals surface area contributed by atoms with E-state index in [9.17, 15) is 0 Å². The largest absolute Gasteiger partial charge is 0.0654 e. The molecule has 2 aromatic rings. The molecule has 0 heteroatoms. The number of unbranched alkanes of at least 4 members (excludes halogenated alkanes) is 4. The van der Waals surface area contributed by atoms with Crippen LogP contribution in [0.25, 0.3) is 0 Å². The van der Waals surface area contributed by atoms with Crippen LogP contribution in [0.4, 0.5) is 0 Å². The summed E-state index contributed by atoms with van der Waals surface area (Å²) in [5, 5.41) is 0. The third-order valence-electron chi connectivity index (χ3n) is 4.21. The number of benzene rings is 2. The molecule has 0 amide bonds. The minimum atomic E-state index is 1.08. The lowest BCUT2D eigenvalue weighted by Crippen LogP contribution is -1.87. The molecule has 2 rings (SSSR count). The predicted molar refractivity (Wildman–Crippen MR) is 101 cm³/mol. The fourth-order valence-electron chi connectivity index (χ4n) is 2.71. The number of rotatable bonds is 7. The minimum Gasteiger partial charge on any atom is -0.0654 e. The van der Waals surface area contributed by atoms with Gasteiger partial charge in [-0.3, -0.25) is 0 Å². The molecule has 0 atom stereocenters. The molecule has 0 saturated heterocycles. The van der Waals surface area contributed by atoms with Crippen molar-refractivity contribution < 1.29 is 0 Å². The average Bonchev–Trinajstić information content (AvgIpc) is 2.60. The Balaban J connectivity index is 1.93. The Hall–Kier alpha value is -2.00. The molecule has 23 heavy (non-hydrogen) atoms. The molecule has 0 heterocycles. The van der Waals surface area contributed by atoms with Gasteiger partial charge in [0.25, 0.3) is 0 Å². The monoisotopic (exact) mass is 304 g/mol. The van der Waals surface area contributed by atoms with E-state index < -0.39 is 0 Å². The van der Waals surface area contributed by atoms with Gasteiger partial charge in [-0.1, -0.05) is 75.6 Å². The van der Waals surface area contributed by atoms with E-state index in [0.29, 0.717) is 0 Å². The molecule has 0 aliphatic carbocycles. The maximum atomic E-state index is 3.30. The number of hydrogen-bond acceptors (Lipinski definition) is 0. The van der Waals surface area contributed by atoms with Crippen LogP contribution in [0.5, 0.6) is 0 Å². The summed E-state index contributed by atoms with van der Waals surface area (Å²) in [5.74, 6) is 6.57. The second-order valence-electron chi connectivity index (χ2n) is 6.17. The molecular formula is C23H28. The zero-order valence-electron chi connectivity index (χ0n) is 14.6. The molecule has 0 fully saturated rings. The van der Waals surface area contributed by atoms with Gasteiger partial charge in [-0.25, -0.2) is 0 Å². The molecule has 0 radical (unpaired) electrons. The topological polar surface area (TPSA) is 0 Å². The Kier molecular flexibility index (Phi) is 7.47. The summed E-state index contributed by atoms with van der Waals surface area (Å²) in [6, 6.07) is 17.3. The van der Waals surface area contributed by atoms with Crippen LogP contribution in [-0.4, -0.2) is 0 Å². The SMILES string of the molecule is CCCCCCCc1cccc(C#Cc2ccc(CC)cc2)c1. The summed E-state index contributed by atoms with van der Waals surface area (Å²) in [6.07, 6.45) is 8.91. The van der Waals surface area contributed by atoms with Gasteiger partial charge in [0.05, 0.1) is 0 Å². The van der Waals surface area contributed by atoms with Crippen molar-refractivity contribution in [2.45, 2.75) is 58.8 Å². The van der Waals surface area contributed by atoms with E-state index in [1.807, 2.05) is 0 Å². The van der Waals surface area contributed by atoms with E-state index in [2.05, 4.69) is 74.2 Å². The van der Waals surface area contributed by atoms with Crippen LogP contribution in [0.3, 0.4) is 0 Å². The second kappa shape index (κ2) is 9.90. The molecule has 0 N–H and O–H groups in total. The highest BCUT2D eigenvalue weighted by Gasteiger charge is 1.96. The third-order valence-corrected chi connectivity index (χ3v) is 4.21. The van der Waals surface area contributed by atoms with Crippen LogP contribution in [-0.2, 0) is 12.8 Å². The Morgan fingerprint density at radius 3 is 2.17 bits per heavy atom. The van der Waals surface area contributed by atoms with Crippen LogP contribution in [0, 0.1) is 11.8 Å². The molecule has 0 aromatic heterocycles. The summed E-state index contributed by atoms with van der Waals surface area (Å²) < 4.78 is 0. The highest BCUT2D eigenvalue weighted by atomic mass is 14.0. The summed E-state index contributed by atoms with van der Waals surface area (Å²) in [4.78, 5) is 0. The Labute approximate surface area is 142 Å². The predicted octanol–water partition coefficient (Wildman–Crippen LogP) is 6.16. The number of hydrogen-bond donors (Lipinski definition) is 0. The van der Waals surface area contributed by atoms with E-state index >= 15 is 0 Å². The maximum Gasteiger partial charge on any atom is 0.0251 e. The zero-order chi connectivity index (χ0) is 16.3. The second-order valence-corrected chi connectivity index (χ2v) is 6.17. The first-order valence-electron chi connectivity index (χ1n) is 9.01. The third kappa shape index (κ3) is 6.33. The molecule has 0 spiro atoms. The highest BCUT2D eigenvalue weighted by Crippen LogP contribution is 2.11. The van der Waals surface area contributed by atoms with Gasteiger partial charge in [0.1, 0.15) is 0 Å². The smallest absolute Gasteiger partial charge is 0.0251 e. The lowest BCUT2D eigenvalue weighted by molar-refractivity contribution is 0.632. The van der Waals surface area contributed by atoms with Crippen LogP contribution in [0.15, 0.2) is 48.5 Å². The van der Waals surface area contributed by atoms with Crippen LogP contribution in [0.2, 0.25) is 0 Å². The van der Waals surface area contributed by atoms with Gasteiger partial charge in [0.15, 0.2) is 0 Å². The summed E-state index contributed by atoms with van der Waals surface area (Å²) in [6.45, 7) is 4.44. The van der Waals surface area contributed by atoms with Crippen molar-refractivity contribution in [2.24, 2.45) is 0 Å². The van der Waals surface area contributed by atoms with Gasteiger partial charge < -0.3 is 0 Å². The van der Waals surface area contributed by atoms with Gasteiger partial charge in [0.2, 0.25) is 0 Å².